The molecular formula is C23H32N4O2. The third kappa shape index (κ3) is 5.57. The van der Waals surface area contributed by atoms with E-state index < -0.39 is 0 Å². The van der Waals surface area contributed by atoms with E-state index in [1.807, 2.05) is 30.9 Å². The zero-order valence-corrected chi connectivity index (χ0v) is 17.7. The van der Waals surface area contributed by atoms with Crippen LogP contribution >= 0.6 is 0 Å². The predicted molar refractivity (Wildman–Crippen MR) is 113 cm³/mol. The number of carbonyl (C=O) groups is 2. The molecule has 6 nitrogen and oxygen atoms in total. The van der Waals surface area contributed by atoms with Crippen LogP contribution < -0.4 is 4.90 Å². The van der Waals surface area contributed by atoms with Crippen molar-refractivity contribution in [2.45, 2.75) is 46.0 Å². The topological polar surface area (TPSA) is 67.6 Å². The van der Waals surface area contributed by atoms with Crippen LogP contribution in [0.25, 0.3) is 0 Å². The Bertz CT molecular complexity index is 751. The summed E-state index contributed by atoms with van der Waals surface area (Å²) < 4.78 is 0. The first kappa shape index (κ1) is 21.3. The van der Waals surface area contributed by atoms with Crippen molar-refractivity contribution < 1.29 is 9.59 Å². The Kier molecular flexibility index (Phi) is 7.27. The van der Waals surface area contributed by atoms with Crippen molar-refractivity contribution in [3.8, 4) is 6.07 Å². The number of nitrogens with zero attached hydrogens (tertiary/aromatic N) is 4. The number of rotatable bonds is 6. The summed E-state index contributed by atoms with van der Waals surface area (Å²) in [5.74, 6) is 0.433. The molecule has 2 saturated heterocycles. The minimum atomic E-state index is 0.0227. The SMILES string of the molecule is Cc1cc(C)cc(N(CCC#N)C(=O)CN2CCC(C(=O)N3CCCC3)CC2)c1. The van der Waals surface area contributed by atoms with Gasteiger partial charge in [-0.1, -0.05) is 6.07 Å². The fourth-order valence-electron chi connectivity index (χ4n) is 4.48. The molecule has 0 radical (unpaired) electrons. The highest BCUT2D eigenvalue weighted by molar-refractivity contribution is 5.95. The maximum atomic E-state index is 13.1. The van der Waals surface area contributed by atoms with Gasteiger partial charge < -0.3 is 9.80 Å². The predicted octanol–water partition coefficient (Wildman–Crippen LogP) is 2.88. The van der Waals surface area contributed by atoms with E-state index in [9.17, 15) is 9.59 Å². The monoisotopic (exact) mass is 396 g/mol. The second-order valence-electron chi connectivity index (χ2n) is 8.38. The van der Waals surface area contributed by atoms with E-state index in [4.69, 9.17) is 5.26 Å². The summed E-state index contributed by atoms with van der Waals surface area (Å²) in [4.78, 5) is 31.6. The van der Waals surface area contributed by atoms with E-state index in [1.54, 1.807) is 4.90 Å². The molecule has 0 bridgehead atoms. The molecule has 2 aliphatic rings. The van der Waals surface area contributed by atoms with E-state index in [1.165, 1.54) is 0 Å². The summed E-state index contributed by atoms with van der Waals surface area (Å²) >= 11 is 0. The quantitative estimate of drug-likeness (QED) is 0.741. The number of benzene rings is 1. The summed E-state index contributed by atoms with van der Waals surface area (Å²) in [6.45, 7) is 8.13. The fraction of sp³-hybridized carbons (Fsp3) is 0.609. The molecule has 0 saturated carbocycles. The number of carbonyl (C=O) groups excluding carboxylic acids is 2. The van der Waals surface area contributed by atoms with Crippen molar-refractivity contribution in [2.24, 2.45) is 5.92 Å². The largest absolute Gasteiger partial charge is 0.342 e. The van der Waals surface area contributed by atoms with Gasteiger partial charge in [-0.05, 0) is 75.9 Å². The summed E-state index contributed by atoms with van der Waals surface area (Å²) in [7, 11) is 0. The second kappa shape index (κ2) is 9.89. The van der Waals surface area contributed by atoms with Crippen LogP contribution in [0.15, 0.2) is 18.2 Å². The van der Waals surface area contributed by atoms with Crippen LogP contribution in [-0.2, 0) is 9.59 Å². The zero-order valence-electron chi connectivity index (χ0n) is 17.7. The third-order valence-corrected chi connectivity index (χ3v) is 5.98. The molecule has 0 aliphatic carbocycles. The second-order valence-corrected chi connectivity index (χ2v) is 8.38. The number of hydrogen-bond acceptors (Lipinski definition) is 4. The van der Waals surface area contributed by atoms with Crippen LogP contribution in [0.2, 0.25) is 0 Å². The first-order chi connectivity index (χ1) is 14.0. The van der Waals surface area contributed by atoms with E-state index in [0.29, 0.717) is 25.4 Å². The molecule has 3 rings (SSSR count). The summed E-state index contributed by atoms with van der Waals surface area (Å²) in [5.41, 5.74) is 3.08. The van der Waals surface area contributed by atoms with Crippen molar-refractivity contribution in [3.05, 3.63) is 29.3 Å². The smallest absolute Gasteiger partial charge is 0.241 e. The number of likely N-dealkylation sites (tertiary alicyclic amines) is 2. The Morgan fingerprint density at radius 3 is 2.28 bits per heavy atom. The van der Waals surface area contributed by atoms with Crippen molar-refractivity contribution in [3.63, 3.8) is 0 Å². The van der Waals surface area contributed by atoms with Crippen LogP contribution in [-0.4, -0.2) is 60.9 Å². The maximum absolute atomic E-state index is 13.1. The Morgan fingerprint density at radius 1 is 1.07 bits per heavy atom. The molecule has 2 heterocycles. The van der Waals surface area contributed by atoms with Crippen LogP contribution in [0, 0.1) is 31.1 Å². The van der Waals surface area contributed by atoms with Crippen LogP contribution in [0.5, 0.6) is 0 Å². The van der Waals surface area contributed by atoms with E-state index in [-0.39, 0.29) is 11.8 Å². The lowest BCUT2D eigenvalue weighted by atomic mass is 9.95. The standard InChI is InChI=1S/C23H32N4O2/c1-18-14-19(2)16-21(15-18)27(11-5-8-24)22(28)17-25-12-6-20(7-13-25)23(29)26-9-3-4-10-26/h14-16,20H,3-7,9-13,17H2,1-2H3. The first-order valence-corrected chi connectivity index (χ1v) is 10.7. The summed E-state index contributed by atoms with van der Waals surface area (Å²) in [6.07, 6.45) is 4.20. The molecule has 0 N–H and O–H groups in total. The number of amides is 2. The Labute approximate surface area is 174 Å². The molecule has 1 aromatic carbocycles. The zero-order chi connectivity index (χ0) is 20.8. The normalized spacial score (nSPS) is 17.9. The van der Waals surface area contributed by atoms with Gasteiger partial charge in [0, 0.05) is 31.2 Å². The number of hydrogen-bond donors (Lipinski definition) is 0. The molecule has 1 aromatic rings. The van der Waals surface area contributed by atoms with Gasteiger partial charge in [0.15, 0.2) is 0 Å². The maximum Gasteiger partial charge on any atom is 0.241 e. The van der Waals surface area contributed by atoms with Crippen LogP contribution in [0.3, 0.4) is 0 Å². The molecule has 0 spiro atoms. The van der Waals surface area contributed by atoms with Crippen molar-refractivity contribution in [1.82, 2.24) is 9.80 Å². The highest BCUT2D eigenvalue weighted by atomic mass is 16.2. The summed E-state index contributed by atoms with van der Waals surface area (Å²) in [6, 6.07) is 8.24. The molecule has 2 aliphatic heterocycles. The minimum absolute atomic E-state index is 0.0227. The van der Waals surface area contributed by atoms with Crippen LogP contribution in [0.1, 0.15) is 43.2 Å². The highest BCUT2D eigenvalue weighted by Crippen LogP contribution is 2.23. The molecule has 156 valence electrons. The molecule has 29 heavy (non-hydrogen) atoms. The molecule has 0 aromatic heterocycles. The fourth-order valence-corrected chi connectivity index (χ4v) is 4.48. The first-order valence-electron chi connectivity index (χ1n) is 10.7. The summed E-state index contributed by atoms with van der Waals surface area (Å²) in [5, 5.41) is 9.01. The van der Waals surface area contributed by atoms with E-state index in [0.717, 1.165) is 68.7 Å². The number of anilines is 1. The van der Waals surface area contributed by atoms with Crippen molar-refractivity contribution in [2.75, 3.05) is 44.2 Å². The lowest BCUT2D eigenvalue weighted by Crippen LogP contribution is -2.46. The van der Waals surface area contributed by atoms with Gasteiger partial charge in [-0.25, -0.2) is 0 Å². The van der Waals surface area contributed by atoms with Gasteiger partial charge in [0.2, 0.25) is 11.8 Å². The van der Waals surface area contributed by atoms with Crippen molar-refractivity contribution in [1.29, 1.82) is 5.26 Å². The van der Waals surface area contributed by atoms with E-state index in [2.05, 4.69) is 17.0 Å². The van der Waals surface area contributed by atoms with Gasteiger partial charge in [0.25, 0.3) is 0 Å². The van der Waals surface area contributed by atoms with E-state index >= 15 is 0 Å². The van der Waals surface area contributed by atoms with Gasteiger partial charge in [-0.2, -0.15) is 5.26 Å². The lowest BCUT2D eigenvalue weighted by Gasteiger charge is -2.34. The molecule has 2 fully saturated rings. The third-order valence-electron chi connectivity index (χ3n) is 5.98. The Hall–Kier alpha value is -2.39. The molecular weight excluding hydrogens is 364 g/mol. The number of aryl methyl sites for hydroxylation is 2. The van der Waals surface area contributed by atoms with Gasteiger partial charge in [0.05, 0.1) is 19.0 Å². The van der Waals surface area contributed by atoms with Crippen LogP contribution in [0.4, 0.5) is 5.69 Å². The van der Waals surface area contributed by atoms with Gasteiger partial charge >= 0.3 is 0 Å². The minimum Gasteiger partial charge on any atom is -0.342 e. The van der Waals surface area contributed by atoms with Gasteiger partial charge in [-0.15, -0.1) is 0 Å². The molecule has 2 amide bonds. The highest BCUT2D eigenvalue weighted by Gasteiger charge is 2.31. The Balaban J connectivity index is 1.58. The number of nitriles is 1. The molecule has 0 atom stereocenters. The Morgan fingerprint density at radius 2 is 1.69 bits per heavy atom. The van der Waals surface area contributed by atoms with Gasteiger partial charge in [-0.3, -0.25) is 14.5 Å². The lowest BCUT2D eigenvalue weighted by molar-refractivity contribution is -0.136. The van der Waals surface area contributed by atoms with Gasteiger partial charge in [0.1, 0.15) is 0 Å². The van der Waals surface area contributed by atoms with Crippen molar-refractivity contribution >= 4 is 17.5 Å². The number of piperidine rings is 1. The molecule has 6 heteroatoms. The average molecular weight is 397 g/mol. The average Bonchev–Trinajstić information content (AvgIpc) is 3.22. The molecule has 0 unspecified atom stereocenters.